The van der Waals surface area contributed by atoms with Gasteiger partial charge in [0.25, 0.3) is 0 Å². The molecule has 1 aromatic heterocycles. The van der Waals surface area contributed by atoms with Crippen LogP contribution in [0.4, 0.5) is 5.69 Å². The van der Waals surface area contributed by atoms with Crippen molar-refractivity contribution in [1.82, 2.24) is 20.4 Å². The third-order valence-corrected chi connectivity index (χ3v) is 4.92. The lowest BCUT2D eigenvalue weighted by Crippen LogP contribution is -2.45. The van der Waals surface area contributed by atoms with Crippen molar-refractivity contribution in [3.8, 4) is 11.5 Å². The number of nitrogens with zero attached hydrogens (tertiary/aromatic N) is 4. The van der Waals surface area contributed by atoms with Crippen LogP contribution in [0.25, 0.3) is 0 Å². The molecule has 1 aliphatic heterocycles. The van der Waals surface area contributed by atoms with Crippen LogP contribution in [0.1, 0.15) is 12.0 Å². The molecule has 2 N–H and O–H groups in total. The fraction of sp³-hybridized carbons (Fsp3) is 0.500. The number of hydrogen-bond donors (Lipinski definition) is 2. The minimum Gasteiger partial charge on any atom is -0.497 e. The molecule has 1 atom stereocenters. The topological polar surface area (TPSA) is 75.9 Å². The van der Waals surface area contributed by atoms with Gasteiger partial charge >= 0.3 is 0 Å². The Kier molecular flexibility index (Phi) is 6.62. The second kappa shape index (κ2) is 9.34. The van der Waals surface area contributed by atoms with E-state index in [1.165, 1.54) is 5.56 Å². The molecule has 1 aromatic carbocycles. The van der Waals surface area contributed by atoms with E-state index in [1.807, 2.05) is 42.3 Å². The number of ether oxygens (including phenoxy) is 2. The second-order valence-electron chi connectivity index (χ2n) is 6.92. The average molecular weight is 387 g/mol. The Balaban J connectivity index is 1.51. The van der Waals surface area contributed by atoms with E-state index < -0.39 is 0 Å². The first-order chi connectivity index (χ1) is 13.6. The maximum absolute atomic E-state index is 5.39. The second-order valence-corrected chi connectivity index (χ2v) is 6.92. The zero-order valence-electron chi connectivity index (χ0n) is 17.1. The zero-order chi connectivity index (χ0) is 19.9. The summed E-state index contributed by atoms with van der Waals surface area (Å²) in [4.78, 5) is 6.69. The fourth-order valence-electron chi connectivity index (χ4n) is 3.40. The van der Waals surface area contributed by atoms with Gasteiger partial charge in [-0.15, -0.1) is 0 Å². The van der Waals surface area contributed by atoms with Crippen LogP contribution in [0.5, 0.6) is 11.5 Å². The predicted octanol–water partition coefficient (Wildman–Crippen LogP) is 1.42. The van der Waals surface area contributed by atoms with Gasteiger partial charge in [0.15, 0.2) is 5.96 Å². The Morgan fingerprint density at radius 3 is 2.61 bits per heavy atom. The van der Waals surface area contributed by atoms with Gasteiger partial charge in [0.05, 0.1) is 20.4 Å². The molecule has 0 bridgehead atoms. The number of aryl methyl sites for hydroxylation is 1. The van der Waals surface area contributed by atoms with E-state index in [1.54, 1.807) is 21.3 Å². The van der Waals surface area contributed by atoms with Crippen LogP contribution in [0.3, 0.4) is 0 Å². The summed E-state index contributed by atoms with van der Waals surface area (Å²) in [6.45, 7) is 2.69. The van der Waals surface area contributed by atoms with Crippen molar-refractivity contribution >= 4 is 11.6 Å². The average Bonchev–Trinajstić information content (AvgIpc) is 3.35. The molecule has 28 heavy (non-hydrogen) atoms. The SMILES string of the molecule is CN=C(NCCc1cnn(C)c1)NC1CCN(c2cc(OC)cc(OC)c2)C1. The van der Waals surface area contributed by atoms with Crippen LogP contribution in [0.2, 0.25) is 0 Å². The van der Waals surface area contributed by atoms with E-state index in [4.69, 9.17) is 9.47 Å². The van der Waals surface area contributed by atoms with E-state index >= 15 is 0 Å². The summed E-state index contributed by atoms with van der Waals surface area (Å²) in [6.07, 6.45) is 5.89. The Morgan fingerprint density at radius 1 is 1.25 bits per heavy atom. The summed E-state index contributed by atoms with van der Waals surface area (Å²) in [6, 6.07) is 6.32. The van der Waals surface area contributed by atoms with Crippen molar-refractivity contribution < 1.29 is 9.47 Å². The lowest BCUT2D eigenvalue weighted by atomic mass is 10.2. The van der Waals surface area contributed by atoms with Gasteiger partial charge in [-0.3, -0.25) is 9.67 Å². The van der Waals surface area contributed by atoms with Crippen molar-refractivity contribution in [2.45, 2.75) is 18.9 Å². The molecule has 8 heteroatoms. The van der Waals surface area contributed by atoms with Gasteiger partial charge in [0, 0.05) is 69.9 Å². The quantitative estimate of drug-likeness (QED) is 0.554. The minimum atomic E-state index is 0.335. The summed E-state index contributed by atoms with van der Waals surface area (Å²) in [5.74, 6) is 2.44. The van der Waals surface area contributed by atoms with Crippen LogP contribution in [0.15, 0.2) is 35.6 Å². The number of aliphatic imine (C=N–C) groups is 1. The highest BCUT2D eigenvalue weighted by Gasteiger charge is 2.24. The number of benzene rings is 1. The van der Waals surface area contributed by atoms with Gasteiger partial charge < -0.3 is 25.0 Å². The van der Waals surface area contributed by atoms with Crippen molar-refractivity contribution in [3.63, 3.8) is 0 Å². The first-order valence-corrected chi connectivity index (χ1v) is 9.54. The molecule has 8 nitrogen and oxygen atoms in total. The predicted molar refractivity (Wildman–Crippen MR) is 112 cm³/mol. The molecule has 0 spiro atoms. The Bertz CT molecular complexity index is 781. The summed E-state index contributed by atoms with van der Waals surface area (Å²) in [5.41, 5.74) is 2.32. The van der Waals surface area contributed by atoms with Crippen LogP contribution >= 0.6 is 0 Å². The molecule has 0 radical (unpaired) electrons. The first-order valence-electron chi connectivity index (χ1n) is 9.54. The van der Waals surface area contributed by atoms with Crippen LogP contribution in [-0.2, 0) is 13.5 Å². The van der Waals surface area contributed by atoms with Gasteiger partial charge in [-0.1, -0.05) is 0 Å². The van der Waals surface area contributed by atoms with Crippen molar-refractivity contribution in [2.75, 3.05) is 45.8 Å². The van der Waals surface area contributed by atoms with Crippen molar-refractivity contribution in [1.29, 1.82) is 0 Å². The molecule has 1 unspecified atom stereocenters. The molecule has 0 aliphatic carbocycles. The van der Waals surface area contributed by atoms with E-state index in [0.717, 1.165) is 55.6 Å². The zero-order valence-corrected chi connectivity index (χ0v) is 17.1. The van der Waals surface area contributed by atoms with Gasteiger partial charge in [-0.25, -0.2) is 0 Å². The van der Waals surface area contributed by atoms with Gasteiger partial charge in [0.1, 0.15) is 11.5 Å². The molecule has 3 rings (SSSR count). The Labute approximate surface area is 166 Å². The maximum atomic E-state index is 5.39. The fourth-order valence-corrected chi connectivity index (χ4v) is 3.40. The molecule has 152 valence electrons. The largest absolute Gasteiger partial charge is 0.497 e. The molecular weight excluding hydrogens is 356 g/mol. The number of nitrogens with one attached hydrogen (secondary N) is 2. The lowest BCUT2D eigenvalue weighted by molar-refractivity contribution is 0.394. The number of hydrogen-bond acceptors (Lipinski definition) is 5. The molecule has 1 saturated heterocycles. The number of guanidine groups is 1. The standard InChI is InChI=1S/C20H30N6O2/c1-21-20(22-7-5-15-12-23-25(2)13-15)24-16-6-8-26(14-16)17-9-18(27-3)11-19(10-17)28-4/h9-13,16H,5-8,14H2,1-4H3,(H2,21,22,24). The summed E-state index contributed by atoms with van der Waals surface area (Å²) in [5, 5.41) is 11.1. The van der Waals surface area contributed by atoms with E-state index in [9.17, 15) is 0 Å². The Morgan fingerprint density at radius 2 is 2.00 bits per heavy atom. The summed E-state index contributed by atoms with van der Waals surface area (Å²) >= 11 is 0. The Hall–Kier alpha value is -2.90. The smallest absolute Gasteiger partial charge is 0.191 e. The normalized spacial score (nSPS) is 16.9. The number of anilines is 1. The van der Waals surface area contributed by atoms with Crippen LogP contribution in [0, 0.1) is 0 Å². The van der Waals surface area contributed by atoms with E-state index in [2.05, 4.69) is 25.6 Å². The first kappa shape index (κ1) is 19.9. The molecule has 0 amide bonds. The van der Waals surface area contributed by atoms with E-state index in [0.29, 0.717) is 6.04 Å². The van der Waals surface area contributed by atoms with Gasteiger partial charge in [0.2, 0.25) is 0 Å². The highest BCUT2D eigenvalue weighted by atomic mass is 16.5. The molecule has 2 heterocycles. The van der Waals surface area contributed by atoms with Gasteiger partial charge in [-0.2, -0.15) is 5.10 Å². The van der Waals surface area contributed by atoms with Gasteiger partial charge in [-0.05, 0) is 18.4 Å². The number of methoxy groups -OCH3 is 2. The molecule has 1 fully saturated rings. The lowest BCUT2D eigenvalue weighted by Gasteiger charge is -2.21. The highest BCUT2D eigenvalue weighted by Crippen LogP contribution is 2.30. The minimum absolute atomic E-state index is 0.335. The monoisotopic (exact) mass is 386 g/mol. The molecule has 1 aliphatic rings. The highest BCUT2D eigenvalue weighted by molar-refractivity contribution is 5.80. The molecule has 2 aromatic rings. The van der Waals surface area contributed by atoms with Crippen molar-refractivity contribution in [3.05, 3.63) is 36.2 Å². The maximum Gasteiger partial charge on any atom is 0.191 e. The van der Waals surface area contributed by atoms with Crippen LogP contribution in [-0.4, -0.2) is 62.7 Å². The number of rotatable bonds is 7. The summed E-state index contributed by atoms with van der Waals surface area (Å²) < 4.78 is 12.6. The van der Waals surface area contributed by atoms with Crippen molar-refractivity contribution in [2.24, 2.45) is 12.0 Å². The number of aromatic nitrogens is 2. The van der Waals surface area contributed by atoms with Crippen LogP contribution < -0.4 is 25.0 Å². The third-order valence-electron chi connectivity index (χ3n) is 4.92. The van der Waals surface area contributed by atoms with E-state index in [-0.39, 0.29) is 0 Å². The third kappa shape index (κ3) is 5.09. The molecule has 0 saturated carbocycles. The molecular formula is C20H30N6O2. The summed E-state index contributed by atoms with van der Waals surface area (Å²) in [7, 11) is 7.09.